The number of rotatable bonds is 3. The Morgan fingerprint density at radius 1 is 1.47 bits per heavy atom. The smallest absolute Gasteiger partial charge is 0.101 e. The van der Waals surface area contributed by atoms with Crippen molar-refractivity contribution in [2.45, 2.75) is 38.3 Å². The Morgan fingerprint density at radius 2 is 2.21 bits per heavy atom. The summed E-state index contributed by atoms with van der Waals surface area (Å²) in [5.74, 6) is 0. The third kappa shape index (κ3) is 3.87. The molecule has 0 amide bonds. The van der Waals surface area contributed by atoms with Gasteiger partial charge in [0.2, 0.25) is 0 Å². The Balaban J connectivity index is 0.00000180. The summed E-state index contributed by atoms with van der Waals surface area (Å²) in [5, 5.41) is 19.0. The van der Waals surface area contributed by atoms with Gasteiger partial charge in [0.1, 0.15) is 6.07 Å². The number of aliphatic hydroxyl groups excluding tert-OH is 1. The van der Waals surface area contributed by atoms with E-state index in [0.29, 0.717) is 16.6 Å². The van der Waals surface area contributed by atoms with Crippen molar-refractivity contribution in [1.82, 2.24) is 0 Å². The van der Waals surface area contributed by atoms with E-state index >= 15 is 0 Å². The van der Waals surface area contributed by atoms with E-state index in [-0.39, 0.29) is 35.7 Å². The molecule has 0 aliphatic heterocycles. The number of aliphatic hydroxyl groups is 1. The molecule has 2 rings (SSSR count). The first kappa shape index (κ1) is 16.8. The second-order valence-electron chi connectivity index (χ2n) is 4.68. The molecule has 1 fully saturated rings. The Morgan fingerprint density at radius 3 is 2.68 bits per heavy atom. The fourth-order valence-corrected chi connectivity index (χ4v) is 2.86. The third-order valence-corrected chi connectivity index (χ3v) is 3.88. The van der Waals surface area contributed by atoms with E-state index in [2.05, 4.69) is 17.9 Å². The first-order valence-corrected chi connectivity index (χ1v) is 6.67. The van der Waals surface area contributed by atoms with Gasteiger partial charge in [-0.3, -0.25) is 0 Å². The molecule has 1 radical (unpaired) electrons. The number of hydrogen-bond acceptors (Lipinski definition) is 3. The zero-order chi connectivity index (χ0) is 13.1. The molecule has 2 unspecified atom stereocenters. The first-order chi connectivity index (χ1) is 8.65. The van der Waals surface area contributed by atoms with E-state index < -0.39 is 0 Å². The SMILES string of the molecule is CCN(c1ccc(C#N)c(Cl)c1)C1CCC(O)C1.[Na]. The average Bonchev–Trinajstić information content (AvgIpc) is 2.77. The van der Waals surface area contributed by atoms with E-state index in [4.69, 9.17) is 16.9 Å². The number of nitrogens with zero attached hydrogens (tertiary/aromatic N) is 2. The van der Waals surface area contributed by atoms with Crippen LogP contribution < -0.4 is 4.90 Å². The van der Waals surface area contributed by atoms with Crippen LogP contribution in [0.4, 0.5) is 5.69 Å². The molecule has 5 heteroatoms. The molecule has 2 atom stereocenters. The molecular weight excluding hydrogens is 271 g/mol. The largest absolute Gasteiger partial charge is 0.393 e. The molecule has 1 aromatic carbocycles. The number of anilines is 1. The van der Waals surface area contributed by atoms with Crippen LogP contribution >= 0.6 is 11.6 Å². The summed E-state index contributed by atoms with van der Waals surface area (Å²) in [6, 6.07) is 7.96. The van der Waals surface area contributed by atoms with E-state index in [0.717, 1.165) is 31.5 Å². The Bertz CT molecular complexity index is 475. The van der Waals surface area contributed by atoms with E-state index in [1.165, 1.54) is 0 Å². The second kappa shape index (κ2) is 7.52. The maximum absolute atomic E-state index is 9.63. The zero-order valence-electron chi connectivity index (χ0n) is 11.4. The molecule has 1 N–H and O–H groups in total. The number of benzene rings is 1. The van der Waals surface area contributed by atoms with Crippen LogP contribution in [0.5, 0.6) is 0 Å². The molecule has 0 saturated heterocycles. The topological polar surface area (TPSA) is 47.3 Å². The molecule has 0 heterocycles. The van der Waals surface area contributed by atoms with Crippen LogP contribution in [0.15, 0.2) is 18.2 Å². The summed E-state index contributed by atoms with van der Waals surface area (Å²) in [4.78, 5) is 2.25. The molecule has 1 saturated carbocycles. The summed E-state index contributed by atoms with van der Waals surface area (Å²) in [6.45, 7) is 2.97. The van der Waals surface area contributed by atoms with E-state index in [1.54, 1.807) is 6.07 Å². The minimum absolute atomic E-state index is 0. The Kier molecular flexibility index (Phi) is 6.65. The standard InChI is InChI=1S/C14H17ClN2O.Na/c1-2-17(11-5-6-13(18)7-11)12-4-3-10(9-16)14(15)8-12;/h3-4,8,11,13,18H,2,5-7H2,1H3;. The van der Waals surface area contributed by atoms with Gasteiger partial charge in [0.15, 0.2) is 0 Å². The van der Waals surface area contributed by atoms with Crippen LogP contribution in [0.25, 0.3) is 0 Å². The van der Waals surface area contributed by atoms with Crippen LogP contribution in [0.2, 0.25) is 5.02 Å². The van der Waals surface area contributed by atoms with Gasteiger partial charge in [0.05, 0.1) is 16.7 Å². The van der Waals surface area contributed by atoms with Crippen molar-refractivity contribution >= 4 is 46.8 Å². The summed E-state index contributed by atoms with van der Waals surface area (Å²) in [5.41, 5.74) is 1.53. The normalized spacial score (nSPS) is 21.6. The number of nitriles is 1. The summed E-state index contributed by atoms with van der Waals surface area (Å²) >= 11 is 6.07. The van der Waals surface area contributed by atoms with Crippen molar-refractivity contribution in [2.75, 3.05) is 11.4 Å². The summed E-state index contributed by atoms with van der Waals surface area (Å²) in [7, 11) is 0. The van der Waals surface area contributed by atoms with Crippen molar-refractivity contribution in [3.63, 3.8) is 0 Å². The molecule has 97 valence electrons. The fourth-order valence-electron chi connectivity index (χ4n) is 2.64. The van der Waals surface area contributed by atoms with Gasteiger partial charge in [0.25, 0.3) is 0 Å². The Hall–Kier alpha value is -0.240. The van der Waals surface area contributed by atoms with Gasteiger partial charge < -0.3 is 10.0 Å². The van der Waals surface area contributed by atoms with Crippen LogP contribution in [0.1, 0.15) is 31.7 Å². The van der Waals surface area contributed by atoms with Crippen molar-refractivity contribution in [1.29, 1.82) is 5.26 Å². The zero-order valence-corrected chi connectivity index (χ0v) is 14.2. The molecule has 3 nitrogen and oxygen atoms in total. The van der Waals surface area contributed by atoms with Gasteiger partial charge in [-0.15, -0.1) is 0 Å². The van der Waals surface area contributed by atoms with Crippen molar-refractivity contribution in [3.05, 3.63) is 28.8 Å². The molecule has 1 aromatic rings. The van der Waals surface area contributed by atoms with Gasteiger partial charge in [-0.25, -0.2) is 0 Å². The molecule has 1 aliphatic carbocycles. The monoisotopic (exact) mass is 287 g/mol. The first-order valence-electron chi connectivity index (χ1n) is 6.30. The van der Waals surface area contributed by atoms with Crippen molar-refractivity contribution in [3.8, 4) is 6.07 Å². The Labute approximate surface area is 141 Å². The van der Waals surface area contributed by atoms with Gasteiger partial charge in [0, 0.05) is 47.8 Å². The van der Waals surface area contributed by atoms with E-state index in [9.17, 15) is 5.11 Å². The molecule has 1 aliphatic rings. The maximum Gasteiger partial charge on any atom is 0.101 e. The van der Waals surface area contributed by atoms with Crippen LogP contribution in [-0.2, 0) is 0 Å². The van der Waals surface area contributed by atoms with E-state index in [1.807, 2.05) is 12.1 Å². The average molecular weight is 288 g/mol. The minimum Gasteiger partial charge on any atom is -0.393 e. The predicted molar refractivity (Wildman–Crippen MR) is 78.6 cm³/mol. The van der Waals surface area contributed by atoms with Gasteiger partial charge in [-0.2, -0.15) is 5.26 Å². The van der Waals surface area contributed by atoms with Crippen LogP contribution in [0.3, 0.4) is 0 Å². The molecule has 0 aromatic heterocycles. The van der Waals surface area contributed by atoms with Crippen molar-refractivity contribution < 1.29 is 5.11 Å². The van der Waals surface area contributed by atoms with Gasteiger partial charge in [-0.05, 0) is 44.4 Å². The summed E-state index contributed by atoms with van der Waals surface area (Å²) < 4.78 is 0. The number of hydrogen-bond donors (Lipinski definition) is 1. The third-order valence-electron chi connectivity index (χ3n) is 3.56. The van der Waals surface area contributed by atoms with Gasteiger partial charge in [-0.1, -0.05) is 11.6 Å². The molecule has 0 bridgehead atoms. The van der Waals surface area contributed by atoms with Gasteiger partial charge >= 0.3 is 0 Å². The minimum atomic E-state index is -0.182. The van der Waals surface area contributed by atoms with Crippen LogP contribution in [-0.4, -0.2) is 53.4 Å². The maximum atomic E-state index is 9.63. The molecular formula is C14H17ClN2NaO. The predicted octanol–water partition coefficient (Wildman–Crippen LogP) is 2.57. The fraction of sp³-hybridized carbons (Fsp3) is 0.500. The second-order valence-corrected chi connectivity index (χ2v) is 5.09. The van der Waals surface area contributed by atoms with Crippen molar-refractivity contribution in [2.24, 2.45) is 0 Å². The molecule has 19 heavy (non-hydrogen) atoms. The quantitative estimate of drug-likeness (QED) is 0.869. The number of halogens is 1. The van der Waals surface area contributed by atoms with Crippen LogP contribution in [0, 0.1) is 11.3 Å². The molecule has 0 spiro atoms. The summed E-state index contributed by atoms with van der Waals surface area (Å²) in [6.07, 6.45) is 2.50.